The predicted octanol–water partition coefficient (Wildman–Crippen LogP) is 3.34. The number of nitrogens with zero attached hydrogens (tertiary/aromatic N) is 1. The van der Waals surface area contributed by atoms with E-state index < -0.39 is 0 Å². The van der Waals surface area contributed by atoms with Crippen molar-refractivity contribution in [2.45, 2.75) is 20.3 Å². The molecule has 0 fully saturated rings. The number of carbonyl (C=O) groups excluding carboxylic acids is 2. The zero-order chi connectivity index (χ0) is 17.1. The van der Waals surface area contributed by atoms with Crippen molar-refractivity contribution in [3.05, 3.63) is 53.9 Å². The van der Waals surface area contributed by atoms with Crippen molar-refractivity contribution < 1.29 is 9.59 Å². The molecule has 3 aromatic rings. The van der Waals surface area contributed by atoms with Crippen LogP contribution in [-0.2, 0) is 11.2 Å². The molecule has 6 nitrogen and oxygen atoms in total. The maximum absolute atomic E-state index is 12.4. The van der Waals surface area contributed by atoms with Crippen molar-refractivity contribution >= 4 is 34.2 Å². The smallest absolute Gasteiger partial charge is 0.255 e. The second-order valence-corrected chi connectivity index (χ2v) is 5.48. The third-order valence-corrected chi connectivity index (χ3v) is 3.59. The molecule has 122 valence electrons. The third kappa shape index (κ3) is 3.43. The van der Waals surface area contributed by atoms with E-state index in [4.69, 9.17) is 0 Å². The van der Waals surface area contributed by atoms with Crippen LogP contribution in [0.5, 0.6) is 0 Å². The van der Waals surface area contributed by atoms with Gasteiger partial charge in [-0.3, -0.25) is 9.59 Å². The number of hydrogen-bond acceptors (Lipinski definition) is 3. The van der Waals surface area contributed by atoms with Crippen LogP contribution in [0.1, 0.15) is 30.0 Å². The fraction of sp³-hybridized carbons (Fsp3) is 0.167. The Morgan fingerprint density at radius 1 is 1.04 bits per heavy atom. The number of hydrogen-bond donors (Lipinski definition) is 3. The van der Waals surface area contributed by atoms with Crippen LogP contribution in [0.25, 0.3) is 11.0 Å². The Balaban J connectivity index is 1.75. The zero-order valence-electron chi connectivity index (χ0n) is 13.5. The standard InChI is InChI=1S/C18H18N4O2/c1-3-17-21-15-9-4-12(10-16(15)22-17)18(24)20-14-7-5-13(6-8-14)19-11(2)23/h4-10H,3H2,1-2H3,(H,19,23)(H,20,24)(H,21,22). The van der Waals surface area contributed by atoms with E-state index in [-0.39, 0.29) is 11.8 Å². The summed E-state index contributed by atoms with van der Waals surface area (Å²) in [7, 11) is 0. The minimum Gasteiger partial charge on any atom is -0.342 e. The Morgan fingerprint density at radius 3 is 2.33 bits per heavy atom. The van der Waals surface area contributed by atoms with E-state index in [0.717, 1.165) is 23.3 Å². The molecule has 0 aliphatic heterocycles. The molecule has 0 radical (unpaired) electrons. The van der Waals surface area contributed by atoms with Gasteiger partial charge in [-0.25, -0.2) is 4.98 Å². The van der Waals surface area contributed by atoms with E-state index in [1.165, 1.54) is 6.92 Å². The summed E-state index contributed by atoms with van der Waals surface area (Å²) in [5.41, 5.74) is 3.60. The molecular weight excluding hydrogens is 304 g/mol. The Hall–Kier alpha value is -3.15. The third-order valence-electron chi connectivity index (χ3n) is 3.59. The molecule has 1 aromatic heterocycles. The molecular formula is C18H18N4O2. The largest absolute Gasteiger partial charge is 0.342 e. The van der Waals surface area contributed by atoms with Crippen molar-refractivity contribution in [2.75, 3.05) is 10.6 Å². The molecule has 6 heteroatoms. The number of rotatable bonds is 4. The van der Waals surface area contributed by atoms with Crippen LogP contribution in [0.2, 0.25) is 0 Å². The number of fused-ring (bicyclic) bond motifs is 1. The van der Waals surface area contributed by atoms with E-state index in [0.29, 0.717) is 16.9 Å². The molecule has 3 N–H and O–H groups in total. The number of benzene rings is 2. The molecule has 0 aliphatic carbocycles. The van der Waals surface area contributed by atoms with Gasteiger partial charge in [0.05, 0.1) is 11.0 Å². The van der Waals surface area contributed by atoms with Gasteiger partial charge in [0.15, 0.2) is 0 Å². The van der Waals surface area contributed by atoms with Gasteiger partial charge in [-0.1, -0.05) is 6.92 Å². The summed E-state index contributed by atoms with van der Waals surface area (Å²) in [5.74, 6) is 0.569. The number of H-pyrrole nitrogens is 1. The Kier molecular flexibility index (Phi) is 4.29. The van der Waals surface area contributed by atoms with Gasteiger partial charge in [0.25, 0.3) is 5.91 Å². The summed E-state index contributed by atoms with van der Waals surface area (Å²) in [6.45, 7) is 3.47. The van der Waals surface area contributed by atoms with E-state index >= 15 is 0 Å². The number of aryl methyl sites for hydroxylation is 1. The van der Waals surface area contributed by atoms with Crippen molar-refractivity contribution in [1.29, 1.82) is 0 Å². The maximum Gasteiger partial charge on any atom is 0.255 e. The molecule has 0 saturated carbocycles. The molecule has 24 heavy (non-hydrogen) atoms. The highest BCUT2D eigenvalue weighted by Crippen LogP contribution is 2.17. The molecule has 0 spiro atoms. The fourth-order valence-corrected chi connectivity index (χ4v) is 2.41. The van der Waals surface area contributed by atoms with Crippen molar-refractivity contribution in [2.24, 2.45) is 0 Å². The summed E-state index contributed by atoms with van der Waals surface area (Å²) in [6.07, 6.45) is 0.816. The van der Waals surface area contributed by atoms with Gasteiger partial charge >= 0.3 is 0 Å². The van der Waals surface area contributed by atoms with Gasteiger partial charge < -0.3 is 15.6 Å². The van der Waals surface area contributed by atoms with E-state index in [9.17, 15) is 9.59 Å². The summed E-state index contributed by atoms with van der Waals surface area (Å²) < 4.78 is 0. The van der Waals surface area contributed by atoms with Crippen LogP contribution in [0.4, 0.5) is 11.4 Å². The molecule has 3 rings (SSSR count). The summed E-state index contributed by atoms with van der Waals surface area (Å²) in [4.78, 5) is 31.0. The van der Waals surface area contributed by atoms with Crippen LogP contribution >= 0.6 is 0 Å². The SMILES string of the molecule is CCc1nc2ccc(C(=O)Nc3ccc(NC(C)=O)cc3)cc2[nH]1. The first-order chi connectivity index (χ1) is 11.5. The minimum atomic E-state index is -0.197. The van der Waals surface area contributed by atoms with Gasteiger partial charge in [0.2, 0.25) is 5.91 Å². The van der Waals surface area contributed by atoms with E-state index in [2.05, 4.69) is 20.6 Å². The molecule has 2 aromatic carbocycles. The van der Waals surface area contributed by atoms with Crippen LogP contribution < -0.4 is 10.6 Å². The average Bonchev–Trinajstić information content (AvgIpc) is 2.98. The molecule has 0 saturated heterocycles. The first-order valence-electron chi connectivity index (χ1n) is 7.73. The van der Waals surface area contributed by atoms with E-state index in [1.807, 2.05) is 13.0 Å². The normalized spacial score (nSPS) is 10.6. The van der Waals surface area contributed by atoms with Gasteiger partial charge in [0, 0.05) is 30.3 Å². The molecule has 2 amide bonds. The number of aromatic amines is 1. The highest BCUT2D eigenvalue weighted by molar-refractivity contribution is 6.06. The number of aromatic nitrogens is 2. The maximum atomic E-state index is 12.4. The number of anilines is 2. The zero-order valence-corrected chi connectivity index (χ0v) is 13.5. The summed E-state index contributed by atoms with van der Waals surface area (Å²) >= 11 is 0. The molecule has 0 bridgehead atoms. The number of carbonyl (C=O) groups is 2. The predicted molar refractivity (Wildman–Crippen MR) is 94.2 cm³/mol. The van der Waals surface area contributed by atoms with Gasteiger partial charge in [-0.15, -0.1) is 0 Å². The monoisotopic (exact) mass is 322 g/mol. The molecule has 0 atom stereocenters. The Morgan fingerprint density at radius 2 is 1.71 bits per heavy atom. The lowest BCUT2D eigenvalue weighted by Crippen LogP contribution is -2.12. The average molecular weight is 322 g/mol. The van der Waals surface area contributed by atoms with Crippen molar-refractivity contribution in [3.63, 3.8) is 0 Å². The first kappa shape index (κ1) is 15.7. The quantitative estimate of drug-likeness (QED) is 0.688. The Bertz CT molecular complexity index is 897. The van der Waals surface area contributed by atoms with E-state index in [1.54, 1.807) is 36.4 Å². The molecule has 1 heterocycles. The number of nitrogens with one attached hydrogen (secondary N) is 3. The van der Waals surface area contributed by atoms with Crippen LogP contribution in [-0.4, -0.2) is 21.8 Å². The highest BCUT2D eigenvalue weighted by atomic mass is 16.2. The van der Waals surface area contributed by atoms with Crippen LogP contribution in [0.15, 0.2) is 42.5 Å². The van der Waals surface area contributed by atoms with Crippen molar-refractivity contribution in [1.82, 2.24) is 9.97 Å². The summed E-state index contributed by atoms with van der Waals surface area (Å²) in [5, 5.41) is 5.52. The van der Waals surface area contributed by atoms with Crippen molar-refractivity contribution in [3.8, 4) is 0 Å². The first-order valence-corrected chi connectivity index (χ1v) is 7.73. The number of amides is 2. The van der Waals surface area contributed by atoms with Gasteiger partial charge in [0.1, 0.15) is 5.82 Å². The topological polar surface area (TPSA) is 86.9 Å². The Labute approximate surface area is 139 Å². The van der Waals surface area contributed by atoms with Crippen LogP contribution in [0.3, 0.4) is 0 Å². The second kappa shape index (κ2) is 6.54. The lowest BCUT2D eigenvalue weighted by Gasteiger charge is -2.07. The fourth-order valence-electron chi connectivity index (χ4n) is 2.41. The number of imidazole rings is 1. The highest BCUT2D eigenvalue weighted by Gasteiger charge is 2.09. The summed E-state index contributed by atoms with van der Waals surface area (Å²) in [6, 6.07) is 12.3. The minimum absolute atomic E-state index is 0.133. The van der Waals surface area contributed by atoms with Crippen LogP contribution in [0, 0.1) is 0 Å². The second-order valence-electron chi connectivity index (χ2n) is 5.48. The lowest BCUT2D eigenvalue weighted by molar-refractivity contribution is -0.114. The molecule has 0 aliphatic rings. The lowest BCUT2D eigenvalue weighted by atomic mass is 10.2. The molecule has 0 unspecified atom stereocenters. The van der Waals surface area contributed by atoms with Gasteiger partial charge in [-0.05, 0) is 42.5 Å². The van der Waals surface area contributed by atoms with Gasteiger partial charge in [-0.2, -0.15) is 0 Å².